The third kappa shape index (κ3) is 3.55. The molecule has 0 spiro atoms. The van der Waals surface area contributed by atoms with Gasteiger partial charge in [-0.15, -0.1) is 0 Å². The maximum atomic E-state index is 13.7. The lowest BCUT2D eigenvalue weighted by Gasteiger charge is -2.11. The Balaban J connectivity index is 1.96. The molecule has 3 aromatic carbocycles. The fraction of sp³-hybridized carbons (Fsp3) is 0.100. The summed E-state index contributed by atoms with van der Waals surface area (Å²) in [5.74, 6) is -3.24. The third-order valence-electron chi connectivity index (χ3n) is 3.93. The monoisotopic (exact) mass is 348 g/mol. The minimum absolute atomic E-state index is 0.0541. The summed E-state index contributed by atoms with van der Waals surface area (Å²) in [5, 5.41) is 0. The summed E-state index contributed by atoms with van der Waals surface area (Å²) < 4.78 is 65.3. The number of hydrogen-bond acceptors (Lipinski definition) is 0. The smallest absolute Gasteiger partial charge is 0.206 e. The summed E-state index contributed by atoms with van der Waals surface area (Å²) in [6.07, 6.45) is -5.07. The van der Waals surface area contributed by atoms with Gasteiger partial charge in [-0.2, -0.15) is 13.2 Å². The molecule has 0 nitrogen and oxygen atoms in total. The first kappa shape index (κ1) is 17.1. The van der Waals surface area contributed by atoms with Crippen LogP contribution in [0.15, 0.2) is 60.7 Å². The first-order valence-electron chi connectivity index (χ1n) is 7.49. The van der Waals surface area contributed by atoms with E-state index in [9.17, 15) is 22.0 Å². The summed E-state index contributed by atoms with van der Waals surface area (Å²) in [5.41, 5.74) is 1.61. The van der Waals surface area contributed by atoms with E-state index < -0.39 is 23.4 Å². The largest absolute Gasteiger partial charge is 0.422 e. The van der Waals surface area contributed by atoms with Gasteiger partial charge in [0, 0.05) is 0 Å². The van der Waals surface area contributed by atoms with Crippen LogP contribution in [0.25, 0.3) is 22.3 Å². The lowest BCUT2D eigenvalue weighted by molar-refractivity contribution is -0.142. The lowest BCUT2D eigenvalue weighted by Crippen LogP contribution is -2.11. The van der Waals surface area contributed by atoms with Gasteiger partial charge in [-0.25, -0.2) is 8.78 Å². The highest BCUT2D eigenvalue weighted by Gasteiger charge is 2.37. The normalized spacial score (nSPS) is 11.6. The molecule has 128 valence electrons. The molecule has 3 rings (SSSR count). The van der Waals surface area contributed by atoms with Crippen LogP contribution in [0.1, 0.15) is 11.1 Å². The Hall–Kier alpha value is -2.69. The van der Waals surface area contributed by atoms with Gasteiger partial charge >= 0.3 is 6.18 Å². The molecule has 0 aliphatic heterocycles. The predicted octanol–water partition coefficient (Wildman–Crippen LogP) is 6.63. The van der Waals surface area contributed by atoms with Crippen molar-refractivity contribution in [3.8, 4) is 22.3 Å². The van der Waals surface area contributed by atoms with Crippen molar-refractivity contribution in [2.24, 2.45) is 0 Å². The van der Waals surface area contributed by atoms with E-state index in [0.717, 1.165) is 16.7 Å². The van der Waals surface area contributed by atoms with Crippen LogP contribution in [0.5, 0.6) is 0 Å². The van der Waals surface area contributed by atoms with Crippen LogP contribution in [0.4, 0.5) is 22.0 Å². The van der Waals surface area contributed by atoms with E-state index in [-0.39, 0.29) is 5.56 Å². The Morgan fingerprint density at radius 1 is 0.600 bits per heavy atom. The van der Waals surface area contributed by atoms with E-state index in [1.807, 2.05) is 31.2 Å². The molecule has 25 heavy (non-hydrogen) atoms. The zero-order valence-electron chi connectivity index (χ0n) is 13.2. The van der Waals surface area contributed by atoms with Gasteiger partial charge in [0.15, 0.2) is 0 Å². The highest BCUT2D eigenvalue weighted by molar-refractivity contribution is 5.70. The van der Waals surface area contributed by atoms with E-state index in [0.29, 0.717) is 17.7 Å². The Morgan fingerprint density at radius 3 is 1.36 bits per heavy atom. The van der Waals surface area contributed by atoms with Gasteiger partial charge in [-0.3, -0.25) is 0 Å². The van der Waals surface area contributed by atoms with E-state index in [1.165, 1.54) is 0 Å². The zero-order valence-corrected chi connectivity index (χ0v) is 13.2. The van der Waals surface area contributed by atoms with Gasteiger partial charge in [0.2, 0.25) is 0 Å². The van der Waals surface area contributed by atoms with E-state index in [4.69, 9.17) is 0 Å². The van der Waals surface area contributed by atoms with Crippen LogP contribution in [-0.2, 0) is 6.18 Å². The molecule has 0 atom stereocenters. The van der Waals surface area contributed by atoms with Crippen molar-refractivity contribution in [3.05, 3.63) is 83.4 Å². The summed E-state index contributed by atoms with van der Waals surface area (Å²) in [6.45, 7) is 1.97. The molecule has 0 saturated heterocycles. The van der Waals surface area contributed by atoms with E-state index in [2.05, 4.69) is 0 Å². The Bertz CT molecular complexity index is 868. The van der Waals surface area contributed by atoms with Gasteiger partial charge in [0.25, 0.3) is 0 Å². The average Bonchev–Trinajstić information content (AvgIpc) is 2.54. The van der Waals surface area contributed by atoms with Crippen LogP contribution in [0.3, 0.4) is 0 Å². The summed E-state index contributed by atoms with van der Waals surface area (Å²) in [6, 6.07) is 16.0. The number of aryl methyl sites for hydroxylation is 1. The van der Waals surface area contributed by atoms with Crippen LogP contribution < -0.4 is 0 Å². The first-order valence-corrected chi connectivity index (χ1v) is 7.49. The molecular weight excluding hydrogens is 335 g/mol. The molecule has 5 heteroatoms. The standard InChI is InChI=1S/C20H13F5/c1-12-2-4-13(5-3-12)14-6-8-15(9-7-14)16-10-17(21)19(18(22)11-16)20(23,24)25/h2-11H,1H3. The van der Waals surface area contributed by atoms with Crippen molar-refractivity contribution in [2.75, 3.05) is 0 Å². The minimum atomic E-state index is -5.07. The molecule has 0 aromatic heterocycles. The molecule has 0 aliphatic rings. The van der Waals surface area contributed by atoms with Crippen LogP contribution in [-0.4, -0.2) is 0 Å². The van der Waals surface area contributed by atoms with Gasteiger partial charge < -0.3 is 0 Å². The number of halogens is 5. The molecule has 0 saturated carbocycles. The maximum absolute atomic E-state index is 13.7. The highest BCUT2D eigenvalue weighted by Crippen LogP contribution is 2.36. The summed E-state index contributed by atoms with van der Waals surface area (Å²) >= 11 is 0. The van der Waals surface area contributed by atoms with Crippen LogP contribution in [0.2, 0.25) is 0 Å². The van der Waals surface area contributed by atoms with Crippen molar-refractivity contribution in [1.82, 2.24) is 0 Å². The zero-order chi connectivity index (χ0) is 18.2. The van der Waals surface area contributed by atoms with Crippen molar-refractivity contribution >= 4 is 0 Å². The molecule has 0 radical (unpaired) electrons. The van der Waals surface area contributed by atoms with Crippen molar-refractivity contribution in [2.45, 2.75) is 13.1 Å². The first-order chi connectivity index (χ1) is 11.8. The van der Waals surface area contributed by atoms with Gasteiger partial charge in [0.05, 0.1) is 0 Å². The summed E-state index contributed by atoms with van der Waals surface area (Å²) in [4.78, 5) is 0. The van der Waals surface area contributed by atoms with Crippen molar-refractivity contribution in [1.29, 1.82) is 0 Å². The fourth-order valence-electron chi connectivity index (χ4n) is 2.61. The lowest BCUT2D eigenvalue weighted by atomic mass is 9.98. The summed E-state index contributed by atoms with van der Waals surface area (Å²) in [7, 11) is 0. The van der Waals surface area contributed by atoms with Gasteiger partial charge in [-0.1, -0.05) is 54.1 Å². The fourth-order valence-corrected chi connectivity index (χ4v) is 2.61. The highest BCUT2D eigenvalue weighted by atomic mass is 19.4. The molecule has 0 bridgehead atoms. The molecule has 0 heterocycles. The number of benzene rings is 3. The van der Waals surface area contributed by atoms with Gasteiger partial charge in [-0.05, 0) is 41.3 Å². The van der Waals surface area contributed by atoms with Crippen molar-refractivity contribution in [3.63, 3.8) is 0 Å². The second kappa shape index (κ2) is 6.31. The number of hydrogen-bond donors (Lipinski definition) is 0. The van der Waals surface area contributed by atoms with Crippen LogP contribution >= 0.6 is 0 Å². The molecule has 0 N–H and O–H groups in total. The number of alkyl halides is 3. The quantitative estimate of drug-likeness (QED) is 0.456. The SMILES string of the molecule is Cc1ccc(-c2ccc(-c3cc(F)c(C(F)(F)F)c(F)c3)cc2)cc1. The van der Waals surface area contributed by atoms with Crippen molar-refractivity contribution < 1.29 is 22.0 Å². The second-order valence-corrected chi connectivity index (χ2v) is 5.76. The predicted molar refractivity (Wildman–Crippen MR) is 87.0 cm³/mol. The molecule has 3 aromatic rings. The Morgan fingerprint density at radius 2 is 0.960 bits per heavy atom. The topological polar surface area (TPSA) is 0 Å². The van der Waals surface area contributed by atoms with E-state index >= 15 is 0 Å². The Labute approximate surface area is 141 Å². The minimum Gasteiger partial charge on any atom is -0.206 e. The van der Waals surface area contributed by atoms with Crippen LogP contribution in [0, 0.1) is 18.6 Å². The van der Waals surface area contributed by atoms with E-state index in [1.54, 1.807) is 24.3 Å². The second-order valence-electron chi connectivity index (χ2n) is 5.76. The molecule has 0 fully saturated rings. The molecule has 0 unspecified atom stereocenters. The number of rotatable bonds is 2. The Kier molecular flexibility index (Phi) is 4.33. The van der Waals surface area contributed by atoms with Gasteiger partial charge in [0.1, 0.15) is 17.2 Å². The molecular formula is C20H13F5. The average molecular weight is 348 g/mol. The maximum Gasteiger partial charge on any atom is 0.422 e. The molecule has 0 amide bonds. The molecule has 0 aliphatic carbocycles. The third-order valence-corrected chi connectivity index (χ3v) is 3.93.